The summed E-state index contributed by atoms with van der Waals surface area (Å²) >= 11 is 0. The summed E-state index contributed by atoms with van der Waals surface area (Å²) in [7, 11) is 0. The lowest BCUT2D eigenvalue weighted by atomic mass is 10.1. The molecule has 1 saturated heterocycles. The Morgan fingerprint density at radius 1 is 1.12 bits per heavy atom. The Labute approximate surface area is 140 Å². The van der Waals surface area contributed by atoms with Gasteiger partial charge in [0.2, 0.25) is 5.91 Å². The average Bonchev–Trinajstić information content (AvgIpc) is 2.60. The molecule has 0 radical (unpaired) electrons. The number of rotatable bonds is 5. The van der Waals surface area contributed by atoms with Gasteiger partial charge in [0.15, 0.2) is 0 Å². The number of nitrogens with zero attached hydrogens (tertiary/aromatic N) is 1. The third-order valence-corrected chi connectivity index (χ3v) is 4.29. The van der Waals surface area contributed by atoms with Gasteiger partial charge in [-0.05, 0) is 22.9 Å². The Bertz CT molecular complexity index is 741. The predicted octanol–water partition coefficient (Wildman–Crippen LogP) is 1.53. The predicted molar refractivity (Wildman–Crippen MR) is 93.1 cm³/mol. The van der Waals surface area contributed by atoms with Crippen LogP contribution in [-0.2, 0) is 9.59 Å². The van der Waals surface area contributed by atoms with E-state index >= 15 is 0 Å². The average molecular weight is 327 g/mol. The van der Waals surface area contributed by atoms with Crippen LogP contribution < -0.4 is 10.6 Å². The second kappa shape index (κ2) is 7.42. The van der Waals surface area contributed by atoms with E-state index in [9.17, 15) is 14.7 Å². The summed E-state index contributed by atoms with van der Waals surface area (Å²) in [4.78, 5) is 25.7. The molecule has 126 valence electrons. The monoisotopic (exact) mass is 327 g/mol. The van der Waals surface area contributed by atoms with Gasteiger partial charge in [0.1, 0.15) is 6.04 Å². The lowest BCUT2D eigenvalue weighted by molar-refractivity contribution is -0.145. The van der Waals surface area contributed by atoms with Gasteiger partial charge in [-0.1, -0.05) is 30.3 Å². The van der Waals surface area contributed by atoms with Crippen molar-refractivity contribution in [2.75, 3.05) is 31.5 Å². The van der Waals surface area contributed by atoms with Gasteiger partial charge in [0.05, 0.1) is 6.42 Å². The lowest BCUT2D eigenvalue weighted by Crippen LogP contribution is -2.52. The number of carbonyl (C=O) groups excluding carboxylic acids is 1. The molecule has 1 heterocycles. The van der Waals surface area contributed by atoms with Crippen molar-refractivity contribution in [2.24, 2.45) is 0 Å². The largest absolute Gasteiger partial charge is 0.480 e. The van der Waals surface area contributed by atoms with E-state index in [1.165, 1.54) is 0 Å². The van der Waals surface area contributed by atoms with E-state index in [2.05, 4.69) is 10.6 Å². The molecule has 6 nitrogen and oxygen atoms in total. The van der Waals surface area contributed by atoms with Crippen LogP contribution in [0.1, 0.15) is 6.42 Å². The summed E-state index contributed by atoms with van der Waals surface area (Å²) in [5.41, 5.74) is 0.683. The molecule has 6 heteroatoms. The summed E-state index contributed by atoms with van der Waals surface area (Å²) in [6, 6.07) is 12.8. The van der Waals surface area contributed by atoms with Crippen LogP contribution >= 0.6 is 0 Å². The van der Waals surface area contributed by atoms with Gasteiger partial charge in [-0.15, -0.1) is 0 Å². The van der Waals surface area contributed by atoms with Crippen LogP contribution in [0.3, 0.4) is 0 Å². The van der Waals surface area contributed by atoms with Gasteiger partial charge >= 0.3 is 5.97 Å². The smallest absolute Gasteiger partial charge is 0.321 e. The van der Waals surface area contributed by atoms with Crippen molar-refractivity contribution in [2.45, 2.75) is 12.5 Å². The van der Waals surface area contributed by atoms with Crippen molar-refractivity contribution >= 4 is 28.3 Å². The number of hydrogen-bond donors (Lipinski definition) is 3. The normalized spacial score (nSPS) is 16.7. The third-order valence-electron chi connectivity index (χ3n) is 4.29. The molecule has 0 aliphatic carbocycles. The Morgan fingerprint density at radius 3 is 2.54 bits per heavy atom. The van der Waals surface area contributed by atoms with E-state index in [1.54, 1.807) is 0 Å². The van der Waals surface area contributed by atoms with E-state index in [0.29, 0.717) is 18.8 Å². The quantitative estimate of drug-likeness (QED) is 0.776. The second-order valence-corrected chi connectivity index (χ2v) is 5.95. The molecule has 1 atom stereocenters. The van der Waals surface area contributed by atoms with E-state index < -0.39 is 12.0 Å². The zero-order valence-corrected chi connectivity index (χ0v) is 13.4. The summed E-state index contributed by atoms with van der Waals surface area (Å²) in [6.07, 6.45) is -0.0534. The lowest BCUT2D eigenvalue weighted by Gasteiger charge is -2.32. The van der Waals surface area contributed by atoms with E-state index in [1.807, 2.05) is 47.4 Å². The third kappa shape index (κ3) is 3.90. The molecule has 24 heavy (non-hydrogen) atoms. The number of nitrogens with one attached hydrogen (secondary N) is 2. The van der Waals surface area contributed by atoms with Crippen molar-refractivity contribution in [3.8, 4) is 0 Å². The highest BCUT2D eigenvalue weighted by molar-refractivity contribution is 5.96. The maximum atomic E-state index is 12.3. The number of anilines is 1. The van der Waals surface area contributed by atoms with Crippen LogP contribution in [0.15, 0.2) is 42.5 Å². The van der Waals surface area contributed by atoms with Gasteiger partial charge in [-0.2, -0.15) is 0 Å². The maximum Gasteiger partial charge on any atom is 0.321 e. The first kappa shape index (κ1) is 16.4. The molecule has 1 fully saturated rings. The Balaban J connectivity index is 1.67. The summed E-state index contributed by atoms with van der Waals surface area (Å²) < 4.78 is 0. The van der Waals surface area contributed by atoms with Crippen LogP contribution in [0.4, 0.5) is 5.69 Å². The van der Waals surface area contributed by atoms with E-state index in [-0.39, 0.29) is 12.3 Å². The summed E-state index contributed by atoms with van der Waals surface area (Å²) in [5.74, 6) is -1.23. The van der Waals surface area contributed by atoms with Gasteiger partial charge in [-0.25, -0.2) is 0 Å². The van der Waals surface area contributed by atoms with E-state index in [0.717, 1.165) is 23.9 Å². The molecule has 2 aromatic rings. The first-order valence-electron chi connectivity index (χ1n) is 8.10. The van der Waals surface area contributed by atoms with E-state index in [4.69, 9.17) is 0 Å². The molecule has 2 aromatic carbocycles. The highest BCUT2D eigenvalue weighted by atomic mass is 16.4. The molecule has 3 N–H and O–H groups in total. The minimum absolute atomic E-state index is 0.0534. The number of fused-ring (bicyclic) bond motifs is 1. The molecule has 1 aliphatic heterocycles. The van der Waals surface area contributed by atoms with Crippen LogP contribution in [-0.4, -0.2) is 54.1 Å². The topological polar surface area (TPSA) is 81.7 Å². The van der Waals surface area contributed by atoms with Gasteiger partial charge in [0, 0.05) is 31.9 Å². The number of carboxylic acids is 1. The highest BCUT2D eigenvalue weighted by Gasteiger charge is 2.29. The first-order valence-corrected chi connectivity index (χ1v) is 8.10. The number of aliphatic carboxylic acids is 1. The fraction of sp³-hybridized carbons (Fsp3) is 0.333. The minimum Gasteiger partial charge on any atom is -0.480 e. The molecule has 0 spiro atoms. The summed E-state index contributed by atoms with van der Waals surface area (Å²) in [6.45, 7) is 2.77. The SMILES string of the molecule is O=C(CC(C(=O)O)N1CCNCC1)Nc1ccc2ccccc2c1. The molecule has 1 unspecified atom stereocenters. The van der Waals surface area contributed by atoms with Gasteiger partial charge < -0.3 is 15.7 Å². The van der Waals surface area contributed by atoms with Crippen LogP contribution in [0, 0.1) is 0 Å². The van der Waals surface area contributed by atoms with Gasteiger partial charge in [-0.3, -0.25) is 14.5 Å². The molecule has 0 bridgehead atoms. The van der Waals surface area contributed by atoms with Crippen molar-refractivity contribution in [1.29, 1.82) is 0 Å². The fourth-order valence-electron chi connectivity index (χ4n) is 3.02. The Hall–Kier alpha value is -2.44. The van der Waals surface area contributed by atoms with Crippen LogP contribution in [0.5, 0.6) is 0 Å². The van der Waals surface area contributed by atoms with Crippen molar-refractivity contribution in [3.63, 3.8) is 0 Å². The zero-order valence-electron chi connectivity index (χ0n) is 13.4. The number of benzene rings is 2. The molecule has 1 amide bonds. The highest BCUT2D eigenvalue weighted by Crippen LogP contribution is 2.19. The standard InChI is InChI=1S/C18H21N3O3/c22-17(12-16(18(23)24)21-9-7-19-8-10-21)20-15-6-5-13-3-1-2-4-14(13)11-15/h1-6,11,16,19H,7-10,12H2,(H,20,22)(H,23,24). The Kier molecular flexibility index (Phi) is 5.08. The zero-order chi connectivity index (χ0) is 16.9. The first-order chi connectivity index (χ1) is 11.6. The molecular formula is C18H21N3O3. The fourth-order valence-corrected chi connectivity index (χ4v) is 3.02. The van der Waals surface area contributed by atoms with Crippen molar-refractivity contribution < 1.29 is 14.7 Å². The van der Waals surface area contributed by atoms with Crippen LogP contribution in [0.25, 0.3) is 10.8 Å². The molecule has 3 rings (SSSR count). The number of amides is 1. The number of hydrogen-bond acceptors (Lipinski definition) is 4. The maximum absolute atomic E-state index is 12.3. The van der Waals surface area contributed by atoms with Crippen LogP contribution in [0.2, 0.25) is 0 Å². The number of carbonyl (C=O) groups is 2. The Morgan fingerprint density at radius 2 is 1.83 bits per heavy atom. The molecular weight excluding hydrogens is 306 g/mol. The minimum atomic E-state index is -0.953. The van der Waals surface area contributed by atoms with Crippen molar-refractivity contribution in [1.82, 2.24) is 10.2 Å². The molecule has 0 saturated carbocycles. The second-order valence-electron chi connectivity index (χ2n) is 5.95. The molecule has 0 aromatic heterocycles. The number of piperazine rings is 1. The van der Waals surface area contributed by atoms with Gasteiger partial charge in [0.25, 0.3) is 0 Å². The number of carboxylic acid groups (broad SMARTS) is 1. The molecule has 1 aliphatic rings. The van der Waals surface area contributed by atoms with Crippen molar-refractivity contribution in [3.05, 3.63) is 42.5 Å². The summed E-state index contributed by atoms with van der Waals surface area (Å²) in [5, 5.41) is 17.6.